The summed E-state index contributed by atoms with van der Waals surface area (Å²) < 4.78 is 11.7. The normalized spacial score (nSPS) is 11.2. The summed E-state index contributed by atoms with van der Waals surface area (Å²) in [6.45, 7) is 3.17. The van der Waals surface area contributed by atoms with E-state index in [0.29, 0.717) is 35.9 Å². The van der Waals surface area contributed by atoms with Gasteiger partial charge >= 0.3 is 5.97 Å². The molecule has 3 rings (SSSR count). The Morgan fingerprint density at radius 3 is 2.74 bits per heavy atom. The zero-order chi connectivity index (χ0) is 27.3. The number of esters is 1. The SMILES string of the molecule is CCCCCCOC(=O)CN(C)C/C=C/C(=O)Nc1cc2c(Nc3cccc(Br)c3)ncnc2cc1OC. The monoisotopic (exact) mass is 583 g/mol. The number of nitrogens with zero attached hydrogens (tertiary/aromatic N) is 3. The van der Waals surface area contributed by atoms with Gasteiger partial charge in [-0.25, -0.2) is 9.97 Å². The third-order valence-corrected chi connectivity index (χ3v) is 6.14. The first-order valence-corrected chi connectivity index (χ1v) is 13.4. The fourth-order valence-electron chi connectivity index (χ4n) is 3.71. The lowest BCUT2D eigenvalue weighted by Crippen LogP contribution is -2.28. The zero-order valence-electron chi connectivity index (χ0n) is 22.0. The van der Waals surface area contributed by atoms with Crippen LogP contribution in [0.25, 0.3) is 10.9 Å². The van der Waals surface area contributed by atoms with E-state index in [1.807, 2.05) is 24.3 Å². The van der Waals surface area contributed by atoms with E-state index in [4.69, 9.17) is 9.47 Å². The van der Waals surface area contributed by atoms with Gasteiger partial charge in [0.25, 0.3) is 0 Å². The summed E-state index contributed by atoms with van der Waals surface area (Å²) in [4.78, 5) is 35.1. The Morgan fingerprint density at radius 2 is 1.97 bits per heavy atom. The lowest BCUT2D eigenvalue weighted by atomic mass is 10.2. The van der Waals surface area contributed by atoms with Gasteiger partial charge in [-0.15, -0.1) is 0 Å². The Balaban J connectivity index is 1.61. The number of amides is 1. The quantitative estimate of drug-likeness (QED) is 0.141. The minimum Gasteiger partial charge on any atom is -0.494 e. The summed E-state index contributed by atoms with van der Waals surface area (Å²) in [5.41, 5.74) is 2.01. The number of unbranched alkanes of at least 4 members (excludes halogenated alkanes) is 3. The number of hydrogen-bond donors (Lipinski definition) is 2. The average Bonchev–Trinajstić information content (AvgIpc) is 2.88. The first-order valence-electron chi connectivity index (χ1n) is 12.6. The maximum Gasteiger partial charge on any atom is 0.320 e. The van der Waals surface area contributed by atoms with Crippen LogP contribution in [0.1, 0.15) is 32.6 Å². The Kier molecular flexibility index (Phi) is 11.5. The third-order valence-electron chi connectivity index (χ3n) is 5.65. The molecule has 1 heterocycles. The van der Waals surface area contributed by atoms with E-state index >= 15 is 0 Å². The highest BCUT2D eigenvalue weighted by Gasteiger charge is 2.13. The Hall–Kier alpha value is -3.50. The van der Waals surface area contributed by atoms with Gasteiger partial charge in [0, 0.05) is 34.2 Å². The maximum absolute atomic E-state index is 12.6. The van der Waals surface area contributed by atoms with Gasteiger partial charge < -0.3 is 20.1 Å². The molecule has 2 N–H and O–H groups in total. The molecular weight excluding hydrogens is 550 g/mol. The molecule has 0 saturated heterocycles. The van der Waals surface area contributed by atoms with Gasteiger partial charge in [0.15, 0.2) is 0 Å². The highest BCUT2D eigenvalue weighted by Crippen LogP contribution is 2.33. The van der Waals surface area contributed by atoms with Crippen molar-refractivity contribution < 1.29 is 19.1 Å². The molecule has 1 amide bonds. The minimum atomic E-state index is -0.326. The molecule has 0 fully saturated rings. The number of rotatable bonds is 14. The van der Waals surface area contributed by atoms with Gasteiger partial charge in [-0.2, -0.15) is 0 Å². The minimum absolute atomic E-state index is 0.159. The van der Waals surface area contributed by atoms with Gasteiger partial charge in [0.05, 0.1) is 31.5 Å². The number of halogens is 1. The Labute approximate surface area is 231 Å². The van der Waals surface area contributed by atoms with Gasteiger partial charge in [0.2, 0.25) is 5.91 Å². The summed E-state index contributed by atoms with van der Waals surface area (Å²) in [5.74, 6) is 0.482. The van der Waals surface area contributed by atoms with Crippen LogP contribution in [0.3, 0.4) is 0 Å². The number of benzene rings is 2. The van der Waals surface area contributed by atoms with Crippen LogP contribution >= 0.6 is 15.9 Å². The topological polar surface area (TPSA) is 106 Å². The number of hydrogen-bond acceptors (Lipinski definition) is 8. The number of carbonyl (C=O) groups excluding carboxylic acids is 2. The molecule has 0 aliphatic heterocycles. The summed E-state index contributed by atoms with van der Waals surface area (Å²) in [5, 5.41) is 6.88. The second-order valence-electron chi connectivity index (χ2n) is 8.80. The van der Waals surface area contributed by atoms with Gasteiger partial charge in [-0.1, -0.05) is 54.3 Å². The van der Waals surface area contributed by atoms with E-state index in [2.05, 4.69) is 43.5 Å². The summed E-state index contributed by atoms with van der Waals surface area (Å²) in [6.07, 6.45) is 8.84. The molecule has 3 aromatic rings. The molecule has 0 aliphatic rings. The summed E-state index contributed by atoms with van der Waals surface area (Å²) >= 11 is 3.47. The molecule has 0 spiro atoms. The van der Waals surface area contributed by atoms with E-state index < -0.39 is 0 Å². The van der Waals surface area contributed by atoms with Crippen molar-refractivity contribution in [2.45, 2.75) is 32.6 Å². The maximum atomic E-state index is 12.6. The Morgan fingerprint density at radius 1 is 1.13 bits per heavy atom. The number of fused-ring (bicyclic) bond motifs is 1. The Bertz CT molecular complexity index is 1270. The second-order valence-corrected chi connectivity index (χ2v) is 9.71. The molecule has 10 heteroatoms. The van der Waals surface area contributed by atoms with Gasteiger partial charge in [-0.3, -0.25) is 14.5 Å². The first-order chi connectivity index (χ1) is 18.4. The smallest absolute Gasteiger partial charge is 0.320 e. The number of methoxy groups -OCH3 is 1. The molecule has 0 saturated carbocycles. The first kappa shape index (κ1) is 29.1. The van der Waals surface area contributed by atoms with Crippen molar-refractivity contribution >= 4 is 55.9 Å². The van der Waals surface area contributed by atoms with Crippen molar-refractivity contribution in [1.82, 2.24) is 14.9 Å². The second kappa shape index (κ2) is 15.0. The molecular formula is C28H34BrN5O4. The number of anilines is 3. The van der Waals surface area contributed by atoms with Crippen LogP contribution in [-0.2, 0) is 14.3 Å². The van der Waals surface area contributed by atoms with E-state index in [9.17, 15) is 9.59 Å². The number of nitrogens with one attached hydrogen (secondary N) is 2. The molecule has 2 aromatic carbocycles. The van der Waals surface area contributed by atoms with E-state index in [0.717, 1.165) is 41.2 Å². The van der Waals surface area contributed by atoms with Crippen molar-refractivity contribution in [3.63, 3.8) is 0 Å². The predicted molar refractivity (Wildman–Crippen MR) is 154 cm³/mol. The number of aromatic nitrogens is 2. The largest absolute Gasteiger partial charge is 0.494 e. The zero-order valence-corrected chi connectivity index (χ0v) is 23.6. The van der Waals surface area contributed by atoms with Crippen molar-refractivity contribution in [2.24, 2.45) is 0 Å². The number of carbonyl (C=O) groups is 2. The van der Waals surface area contributed by atoms with Crippen molar-refractivity contribution in [3.05, 3.63) is 59.4 Å². The molecule has 1 aromatic heterocycles. The predicted octanol–water partition coefficient (Wildman–Crippen LogP) is 5.69. The van der Waals surface area contributed by atoms with Gasteiger partial charge in [-0.05, 0) is 37.7 Å². The van der Waals surface area contributed by atoms with Crippen LogP contribution in [-0.4, -0.2) is 60.6 Å². The fraction of sp³-hybridized carbons (Fsp3) is 0.357. The van der Waals surface area contributed by atoms with E-state index in [1.165, 1.54) is 19.5 Å². The highest BCUT2D eigenvalue weighted by atomic mass is 79.9. The van der Waals surface area contributed by atoms with Gasteiger partial charge in [0.1, 0.15) is 17.9 Å². The molecule has 0 unspecified atom stereocenters. The van der Waals surface area contributed by atoms with Crippen LogP contribution in [0, 0.1) is 0 Å². The fourth-order valence-corrected chi connectivity index (χ4v) is 4.11. The van der Waals surface area contributed by atoms with Crippen molar-refractivity contribution in [1.29, 1.82) is 0 Å². The number of likely N-dealkylation sites (N-methyl/N-ethyl adjacent to an activating group) is 1. The molecule has 0 atom stereocenters. The van der Waals surface area contributed by atoms with Crippen LogP contribution in [0.15, 0.2) is 59.4 Å². The standard InChI is InChI=1S/C28H34BrN5O4/c1-4-5-6-7-14-38-27(36)18-34(2)13-9-12-26(35)33-24-16-22-23(17-25(24)37-3)30-19-31-28(22)32-21-11-8-10-20(29)15-21/h8-12,15-17,19H,4-7,13-14,18H2,1-3H3,(H,33,35)(H,30,31,32)/b12-9+. The average molecular weight is 585 g/mol. The van der Waals surface area contributed by atoms with E-state index in [1.54, 1.807) is 30.2 Å². The molecule has 38 heavy (non-hydrogen) atoms. The van der Waals surface area contributed by atoms with Crippen molar-refractivity contribution in [2.75, 3.05) is 44.5 Å². The number of ether oxygens (including phenoxy) is 2. The summed E-state index contributed by atoms with van der Waals surface area (Å²) in [7, 11) is 3.33. The highest BCUT2D eigenvalue weighted by molar-refractivity contribution is 9.10. The molecule has 0 bridgehead atoms. The van der Waals surface area contributed by atoms with Crippen molar-refractivity contribution in [3.8, 4) is 5.75 Å². The summed E-state index contributed by atoms with van der Waals surface area (Å²) in [6, 6.07) is 11.3. The molecule has 0 aliphatic carbocycles. The molecule has 9 nitrogen and oxygen atoms in total. The molecule has 202 valence electrons. The van der Waals surface area contributed by atoms with Crippen LogP contribution in [0.2, 0.25) is 0 Å². The van der Waals surface area contributed by atoms with Crippen LogP contribution in [0.5, 0.6) is 5.75 Å². The van der Waals surface area contributed by atoms with Crippen LogP contribution in [0.4, 0.5) is 17.2 Å². The lowest BCUT2D eigenvalue weighted by Gasteiger charge is -2.14. The third kappa shape index (κ3) is 9.11. The van der Waals surface area contributed by atoms with Crippen LogP contribution < -0.4 is 15.4 Å². The molecule has 0 radical (unpaired) electrons. The van der Waals surface area contributed by atoms with E-state index in [-0.39, 0.29) is 18.4 Å². The lowest BCUT2D eigenvalue weighted by molar-refractivity contribution is -0.144.